The van der Waals surface area contributed by atoms with Crippen LogP contribution in [0.3, 0.4) is 0 Å². The molecule has 0 atom stereocenters. The molecule has 0 saturated carbocycles. The van der Waals surface area contributed by atoms with Gasteiger partial charge in [-0.1, -0.05) is 5.16 Å². The van der Waals surface area contributed by atoms with Crippen molar-refractivity contribution in [1.29, 1.82) is 0 Å². The summed E-state index contributed by atoms with van der Waals surface area (Å²) in [7, 11) is 0. The number of rotatable bonds is 0. The maximum Gasteiger partial charge on any atom is 0.275 e. The van der Waals surface area contributed by atoms with Gasteiger partial charge in [0.25, 0.3) is 5.89 Å². The number of aromatic nitrogens is 3. The zero-order valence-corrected chi connectivity index (χ0v) is 5.40. The van der Waals surface area contributed by atoms with Crippen LogP contribution in [0.1, 0.15) is 5.56 Å². The molecule has 0 radical (unpaired) electrons. The number of hydrogen-bond donors (Lipinski definition) is 0. The molecule has 0 spiro atoms. The van der Waals surface area contributed by atoms with Gasteiger partial charge < -0.3 is 4.52 Å². The van der Waals surface area contributed by atoms with Gasteiger partial charge in [0.15, 0.2) is 6.33 Å². The Hall–Kier alpha value is -1.45. The lowest BCUT2D eigenvalue weighted by Crippen LogP contribution is -1.84. The fraction of sp³-hybridized carbons (Fsp3) is 0.167. The van der Waals surface area contributed by atoms with E-state index in [4.69, 9.17) is 4.52 Å². The summed E-state index contributed by atoms with van der Waals surface area (Å²) in [4.78, 5) is 7.90. The molecule has 0 aromatic rings. The Morgan fingerprint density at radius 3 is 3.10 bits per heavy atom. The van der Waals surface area contributed by atoms with Gasteiger partial charge in [-0.2, -0.15) is 0 Å². The predicted octanol–water partition coefficient (Wildman–Crippen LogP) is 0.878. The molecular formula is C6H5N3O. The first-order valence-corrected chi connectivity index (χ1v) is 2.90. The molecule has 0 unspecified atom stereocenters. The zero-order valence-electron chi connectivity index (χ0n) is 5.40. The summed E-state index contributed by atoms with van der Waals surface area (Å²) >= 11 is 0. The van der Waals surface area contributed by atoms with E-state index in [0.29, 0.717) is 5.89 Å². The highest BCUT2D eigenvalue weighted by atomic mass is 16.5. The molecule has 4 nitrogen and oxygen atoms in total. The molecule has 0 fully saturated rings. The van der Waals surface area contributed by atoms with Crippen LogP contribution in [0.25, 0.3) is 11.6 Å². The molecule has 0 aromatic heterocycles. The van der Waals surface area contributed by atoms with Crippen LogP contribution in [0, 0.1) is 6.92 Å². The Balaban J connectivity index is 2.78. The zero-order chi connectivity index (χ0) is 6.97. The van der Waals surface area contributed by atoms with E-state index in [9.17, 15) is 0 Å². The maximum atomic E-state index is 4.81. The van der Waals surface area contributed by atoms with Crippen LogP contribution in [0.15, 0.2) is 17.0 Å². The largest absolute Gasteiger partial charge is 0.333 e. The summed E-state index contributed by atoms with van der Waals surface area (Å²) < 4.78 is 4.81. The lowest BCUT2D eigenvalue weighted by Gasteiger charge is -1.90. The standard InChI is InChI=1S/C6H5N3O/c1-4-2-7-6-5(4)8-3-9-10-6/h2-3H,1H3. The second kappa shape index (κ2) is 1.76. The normalized spacial score (nSPS) is 10.5. The molecule has 0 aromatic carbocycles. The summed E-state index contributed by atoms with van der Waals surface area (Å²) in [6.45, 7) is 1.93. The fourth-order valence-corrected chi connectivity index (χ4v) is 0.825. The smallest absolute Gasteiger partial charge is 0.275 e. The van der Waals surface area contributed by atoms with Crippen LogP contribution >= 0.6 is 0 Å². The molecule has 0 amide bonds. The highest BCUT2D eigenvalue weighted by Gasteiger charge is 2.10. The molecule has 0 aliphatic carbocycles. The summed E-state index contributed by atoms with van der Waals surface area (Å²) in [6, 6.07) is 0. The number of nitrogens with zero attached hydrogens (tertiary/aromatic N) is 3. The molecule has 2 heterocycles. The minimum absolute atomic E-state index is 0.500. The second-order valence-electron chi connectivity index (χ2n) is 2.04. The van der Waals surface area contributed by atoms with Crippen LogP contribution in [-0.4, -0.2) is 15.1 Å². The van der Waals surface area contributed by atoms with Crippen molar-refractivity contribution in [3.05, 3.63) is 18.1 Å². The number of aryl methyl sites for hydroxylation is 1. The fourth-order valence-electron chi connectivity index (χ4n) is 0.825. The first-order valence-electron chi connectivity index (χ1n) is 2.90. The third kappa shape index (κ3) is 0.586. The topological polar surface area (TPSA) is 51.8 Å². The molecule has 4 heteroatoms. The maximum absolute atomic E-state index is 4.81. The van der Waals surface area contributed by atoms with Crippen molar-refractivity contribution in [3.63, 3.8) is 0 Å². The molecule has 2 rings (SSSR count). The number of fused-ring (bicyclic) bond motifs is 1. The minimum Gasteiger partial charge on any atom is -0.333 e. The van der Waals surface area contributed by atoms with Gasteiger partial charge in [0.2, 0.25) is 0 Å². The molecule has 2 aliphatic heterocycles. The molecule has 0 N–H and O–H groups in total. The minimum atomic E-state index is 0.500. The molecule has 50 valence electrons. The lowest BCUT2D eigenvalue weighted by molar-refractivity contribution is 0.395. The van der Waals surface area contributed by atoms with Crippen LogP contribution in [0.5, 0.6) is 0 Å². The van der Waals surface area contributed by atoms with Gasteiger partial charge in [-0.05, 0) is 12.5 Å². The van der Waals surface area contributed by atoms with Crippen molar-refractivity contribution in [2.45, 2.75) is 6.92 Å². The molecule has 0 bridgehead atoms. The van der Waals surface area contributed by atoms with Crippen LogP contribution in [-0.2, 0) is 0 Å². The van der Waals surface area contributed by atoms with Crippen molar-refractivity contribution in [2.75, 3.05) is 0 Å². The SMILES string of the molecule is Cc1cnc2oncnc1-2. The van der Waals surface area contributed by atoms with E-state index in [1.54, 1.807) is 6.20 Å². The van der Waals surface area contributed by atoms with Crippen LogP contribution in [0.4, 0.5) is 0 Å². The van der Waals surface area contributed by atoms with E-state index in [2.05, 4.69) is 15.1 Å². The Labute approximate surface area is 57.2 Å². The van der Waals surface area contributed by atoms with E-state index in [1.165, 1.54) is 6.33 Å². The van der Waals surface area contributed by atoms with Gasteiger partial charge in [0, 0.05) is 6.20 Å². The highest BCUT2D eigenvalue weighted by molar-refractivity contribution is 5.53. The summed E-state index contributed by atoms with van der Waals surface area (Å²) in [5, 5.41) is 3.48. The first-order chi connectivity index (χ1) is 4.88. The number of hydrogen-bond acceptors (Lipinski definition) is 4. The van der Waals surface area contributed by atoms with Crippen molar-refractivity contribution in [2.24, 2.45) is 0 Å². The van der Waals surface area contributed by atoms with Crippen LogP contribution < -0.4 is 0 Å². The summed E-state index contributed by atoms with van der Waals surface area (Å²) in [5.74, 6) is 0.500. The molecule has 2 aliphatic rings. The molecule has 10 heavy (non-hydrogen) atoms. The third-order valence-corrected chi connectivity index (χ3v) is 1.32. The molecular weight excluding hydrogens is 130 g/mol. The first kappa shape index (κ1) is 5.34. The van der Waals surface area contributed by atoms with E-state index in [-0.39, 0.29) is 0 Å². The van der Waals surface area contributed by atoms with Gasteiger partial charge >= 0.3 is 0 Å². The van der Waals surface area contributed by atoms with Gasteiger partial charge in [-0.3, -0.25) is 0 Å². The van der Waals surface area contributed by atoms with Gasteiger partial charge in [-0.15, -0.1) is 0 Å². The second-order valence-corrected chi connectivity index (χ2v) is 2.04. The monoisotopic (exact) mass is 135 g/mol. The Morgan fingerprint density at radius 1 is 1.40 bits per heavy atom. The van der Waals surface area contributed by atoms with E-state index < -0.39 is 0 Å². The van der Waals surface area contributed by atoms with Gasteiger partial charge in [0.1, 0.15) is 5.69 Å². The van der Waals surface area contributed by atoms with Crippen molar-refractivity contribution in [3.8, 4) is 11.6 Å². The van der Waals surface area contributed by atoms with E-state index >= 15 is 0 Å². The quantitative estimate of drug-likeness (QED) is 0.538. The van der Waals surface area contributed by atoms with Crippen molar-refractivity contribution >= 4 is 0 Å². The van der Waals surface area contributed by atoms with Crippen molar-refractivity contribution in [1.82, 2.24) is 15.1 Å². The van der Waals surface area contributed by atoms with Crippen molar-refractivity contribution < 1.29 is 4.52 Å². The average Bonchev–Trinajstić information content (AvgIpc) is 2.34. The Kier molecular flexibility index (Phi) is 0.943. The Bertz CT molecular complexity index is 317. The summed E-state index contributed by atoms with van der Waals surface area (Å²) in [5.41, 5.74) is 1.80. The Morgan fingerprint density at radius 2 is 2.30 bits per heavy atom. The van der Waals surface area contributed by atoms with Crippen LogP contribution in [0.2, 0.25) is 0 Å². The van der Waals surface area contributed by atoms with E-state index in [1.807, 2.05) is 6.92 Å². The lowest BCUT2D eigenvalue weighted by atomic mass is 10.3. The average molecular weight is 135 g/mol. The van der Waals surface area contributed by atoms with E-state index in [0.717, 1.165) is 11.3 Å². The third-order valence-electron chi connectivity index (χ3n) is 1.32. The molecule has 0 saturated heterocycles. The summed E-state index contributed by atoms with van der Waals surface area (Å²) in [6.07, 6.45) is 3.08. The van der Waals surface area contributed by atoms with Gasteiger partial charge in [-0.25, -0.2) is 9.97 Å². The van der Waals surface area contributed by atoms with Gasteiger partial charge in [0.05, 0.1) is 0 Å². The highest BCUT2D eigenvalue weighted by Crippen LogP contribution is 2.18. The predicted molar refractivity (Wildman–Crippen MR) is 33.5 cm³/mol.